The summed E-state index contributed by atoms with van der Waals surface area (Å²) < 4.78 is 2.29. The summed E-state index contributed by atoms with van der Waals surface area (Å²) in [6, 6.07) is 0. The number of hydrogen-bond donors (Lipinski definition) is 0. The fraction of sp³-hybridized carbons (Fsp3) is 0.700. The maximum absolute atomic E-state index is 11.9. The van der Waals surface area contributed by atoms with Gasteiger partial charge in [-0.15, -0.1) is 11.3 Å². The largest absolute Gasteiger partial charge is 0.284 e. The van der Waals surface area contributed by atoms with Gasteiger partial charge in [0.05, 0.1) is 6.20 Å². The number of aromatic nitrogens is 2. The van der Waals surface area contributed by atoms with Gasteiger partial charge in [0.15, 0.2) is 0 Å². The second-order valence-corrected chi connectivity index (χ2v) is 8.86. The summed E-state index contributed by atoms with van der Waals surface area (Å²) >= 11 is 1.66. The average Bonchev–Trinajstić information content (AvgIpc) is 3.01. The lowest BCUT2D eigenvalue weighted by molar-refractivity contribution is 0.394. The minimum absolute atomic E-state index is 0.0368. The van der Waals surface area contributed by atoms with Crippen LogP contribution in [0.15, 0.2) is 11.0 Å². The topological polar surface area (TPSA) is 34.9 Å². The molecule has 0 radical (unpaired) electrons. The van der Waals surface area contributed by atoms with Gasteiger partial charge in [0, 0.05) is 17.3 Å². The van der Waals surface area contributed by atoms with E-state index in [1.54, 1.807) is 18.4 Å². The Morgan fingerprint density at radius 2 is 1.75 bits per heavy atom. The Hall–Kier alpha value is -1.16. The zero-order valence-corrected chi connectivity index (χ0v) is 16.8. The summed E-state index contributed by atoms with van der Waals surface area (Å²) in [7, 11) is 1.70. The molecule has 0 spiro atoms. The third-order valence-electron chi connectivity index (χ3n) is 4.73. The van der Waals surface area contributed by atoms with Crippen LogP contribution in [0.3, 0.4) is 0 Å². The van der Waals surface area contributed by atoms with E-state index < -0.39 is 0 Å². The van der Waals surface area contributed by atoms with E-state index in [2.05, 4.69) is 32.8 Å². The molecule has 2 aromatic heterocycles. The molecule has 24 heavy (non-hydrogen) atoms. The van der Waals surface area contributed by atoms with Gasteiger partial charge in [0.1, 0.15) is 4.70 Å². The minimum atomic E-state index is 0.0368. The second-order valence-electron chi connectivity index (χ2n) is 7.75. The van der Waals surface area contributed by atoms with Gasteiger partial charge in [-0.3, -0.25) is 4.79 Å². The predicted molar refractivity (Wildman–Crippen MR) is 105 cm³/mol. The summed E-state index contributed by atoms with van der Waals surface area (Å²) in [6.45, 7) is 9.07. The third-order valence-corrected chi connectivity index (χ3v) is 5.97. The molecule has 1 aliphatic rings. The first-order valence-electron chi connectivity index (χ1n) is 9.36. The number of thiophene rings is 1. The number of hydrogen-bond acceptors (Lipinski definition) is 3. The van der Waals surface area contributed by atoms with E-state index in [0.717, 1.165) is 22.9 Å². The molecule has 2 aromatic rings. The van der Waals surface area contributed by atoms with Crippen molar-refractivity contribution >= 4 is 21.4 Å². The van der Waals surface area contributed by atoms with Gasteiger partial charge in [0.25, 0.3) is 5.56 Å². The van der Waals surface area contributed by atoms with E-state index in [-0.39, 0.29) is 5.56 Å². The quantitative estimate of drug-likeness (QED) is 0.670. The lowest BCUT2D eigenvalue weighted by Crippen LogP contribution is -2.18. The van der Waals surface area contributed by atoms with E-state index in [1.807, 2.05) is 6.20 Å². The first kappa shape index (κ1) is 19.2. The van der Waals surface area contributed by atoms with Crippen molar-refractivity contribution in [2.45, 2.75) is 79.1 Å². The molecule has 0 saturated carbocycles. The molecular formula is C20H32N2OS. The molecule has 0 unspecified atom stereocenters. The minimum Gasteiger partial charge on any atom is -0.266 e. The first-order valence-corrected chi connectivity index (χ1v) is 10.2. The first-order chi connectivity index (χ1) is 11.4. The average molecular weight is 349 g/mol. The summed E-state index contributed by atoms with van der Waals surface area (Å²) in [4.78, 5) is 13.3. The van der Waals surface area contributed by atoms with Crippen molar-refractivity contribution in [3.05, 3.63) is 27.0 Å². The van der Waals surface area contributed by atoms with Crippen molar-refractivity contribution in [3.63, 3.8) is 0 Å². The molecular weight excluding hydrogens is 316 g/mol. The number of fused-ring (bicyclic) bond motifs is 3. The van der Waals surface area contributed by atoms with E-state index in [4.69, 9.17) is 0 Å². The molecule has 0 aromatic carbocycles. The SMILES string of the molecule is CCCCCCCC.Cn1ncc2c3c(sc2c1=O)CC(C)(C)C3. The molecule has 0 fully saturated rings. The second kappa shape index (κ2) is 8.28. The number of nitrogens with zero attached hydrogens (tertiary/aromatic N) is 2. The van der Waals surface area contributed by atoms with Crippen molar-refractivity contribution in [3.8, 4) is 0 Å². The Labute approximate surface area is 150 Å². The summed E-state index contributed by atoms with van der Waals surface area (Å²) in [5, 5.41) is 5.19. The van der Waals surface area contributed by atoms with Crippen LogP contribution in [0.2, 0.25) is 0 Å². The predicted octanol–water partition coefficient (Wildman–Crippen LogP) is 5.49. The Bertz CT molecular complexity index is 721. The fourth-order valence-electron chi connectivity index (χ4n) is 3.33. The molecule has 2 heterocycles. The zero-order chi connectivity index (χ0) is 17.7. The normalized spacial score (nSPS) is 15.2. The maximum Gasteiger partial charge on any atom is 0.284 e. The maximum atomic E-state index is 11.9. The van der Waals surface area contributed by atoms with Crippen LogP contribution in [0.5, 0.6) is 0 Å². The van der Waals surface area contributed by atoms with Crippen LogP contribution < -0.4 is 5.56 Å². The number of aryl methyl sites for hydroxylation is 1. The highest BCUT2D eigenvalue weighted by Crippen LogP contribution is 2.43. The van der Waals surface area contributed by atoms with Gasteiger partial charge in [0.2, 0.25) is 0 Å². The van der Waals surface area contributed by atoms with E-state index >= 15 is 0 Å². The monoisotopic (exact) mass is 348 g/mol. The standard InChI is InChI=1S/C12H14N2OS.C8H18/c1-12(2)4-7-8-6-13-14(3)11(15)10(8)16-9(7)5-12;1-3-5-7-8-6-4-2/h6H,4-5H2,1-3H3;3-8H2,1-2H3. The lowest BCUT2D eigenvalue weighted by Gasteiger charge is -2.15. The lowest BCUT2D eigenvalue weighted by atomic mass is 9.90. The van der Waals surface area contributed by atoms with Gasteiger partial charge >= 0.3 is 0 Å². The van der Waals surface area contributed by atoms with Gasteiger partial charge in [-0.1, -0.05) is 66.2 Å². The van der Waals surface area contributed by atoms with Crippen LogP contribution in [-0.2, 0) is 19.9 Å². The molecule has 0 atom stereocenters. The molecule has 3 nitrogen and oxygen atoms in total. The van der Waals surface area contributed by atoms with Crippen LogP contribution in [-0.4, -0.2) is 9.78 Å². The molecule has 0 bridgehead atoms. The summed E-state index contributed by atoms with van der Waals surface area (Å²) in [5.41, 5.74) is 1.74. The molecule has 134 valence electrons. The van der Waals surface area contributed by atoms with Crippen LogP contribution in [0.25, 0.3) is 10.1 Å². The highest BCUT2D eigenvalue weighted by Gasteiger charge is 2.32. The van der Waals surface area contributed by atoms with Gasteiger partial charge < -0.3 is 0 Å². The molecule has 4 heteroatoms. The Morgan fingerprint density at radius 1 is 1.12 bits per heavy atom. The molecule has 0 saturated heterocycles. The Morgan fingerprint density at radius 3 is 2.33 bits per heavy atom. The fourth-order valence-corrected chi connectivity index (χ4v) is 4.85. The van der Waals surface area contributed by atoms with Crippen molar-refractivity contribution in [1.29, 1.82) is 0 Å². The van der Waals surface area contributed by atoms with Gasteiger partial charge in [-0.2, -0.15) is 5.10 Å². The summed E-state index contributed by atoms with van der Waals surface area (Å²) in [5.74, 6) is 0. The highest BCUT2D eigenvalue weighted by molar-refractivity contribution is 7.19. The number of rotatable bonds is 5. The number of unbranched alkanes of at least 4 members (excludes halogenated alkanes) is 5. The van der Waals surface area contributed by atoms with E-state index in [9.17, 15) is 4.79 Å². The van der Waals surface area contributed by atoms with Crippen LogP contribution >= 0.6 is 11.3 Å². The van der Waals surface area contributed by atoms with Crippen molar-refractivity contribution in [2.24, 2.45) is 12.5 Å². The van der Waals surface area contributed by atoms with Crippen LogP contribution in [0, 0.1) is 5.41 Å². The van der Waals surface area contributed by atoms with Gasteiger partial charge in [-0.25, -0.2) is 4.68 Å². The van der Waals surface area contributed by atoms with E-state index in [1.165, 1.54) is 53.6 Å². The molecule has 0 amide bonds. The van der Waals surface area contributed by atoms with Crippen LogP contribution in [0.4, 0.5) is 0 Å². The molecule has 3 rings (SSSR count). The van der Waals surface area contributed by atoms with Crippen molar-refractivity contribution in [2.75, 3.05) is 0 Å². The van der Waals surface area contributed by atoms with Crippen LogP contribution in [0.1, 0.15) is 76.7 Å². The Balaban J connectivity index is 0.000000224. The Kier molecular flexibility index (Phi) is 6.62. The molecule has 0 aliphatic heterocycles. The molecule has 0 N–H and O–H groups in total. The highest BCUT2D eigenvalue weighted by atomic mass is 32.1. The smallest absolute Gasteiger partial charge is 0.266 e. The van der Waals surface area contributed by atoms with Crippen molar-refractivity contribution in [1.82, 2.24) is 9.78 Å². The third kappa shape index (κ3) is 4.47. The molecule has 1 aliphatic carbocycles. The van der Waals surface area contributed by atoms with Crippen molar-refractivity contribution < 1.29 is 0 Å². The summed E-state index contributed by atoms with van der Waals surface area (Å²) in [6.07, 6.45) is 12.5. The van der Waals surface area contributed by atoms with Gasteiger partial charge in [-0.05, 0) is 23.8 Å². The van der Waals surface area contributed by atoms with E-state index in [0.29, 0.717) is 5.41 Å². The zero-order valence-electron chi connectivity index (χ0n) is 15.9.